The van der Waals surface area contributed by atoms with E-state index in [1.165, 1.54) is 0 Å². The molecule has 3 nitrogen and oxygen atoms in total. The van der Waals surface area contributed by atoms with E-state index in [4.69, 9.17) is 11.6 Å². The molecule has 0 fully saturated rings. The molecule has 0 radical (unpaired) electrons. The summed E-state index contributed by atoms with van der Waals surface area (Å²) >= 11 is 5.80. The van der Waals surface area contributed by atoms with Crippen LogP contribution in [0.15, 0.2) is 0 Å². The van der Waals surface area contributed by atoms with E-state index in [-0.39, 0.29) is 11.7 Å². The fraction of sp³-hybridized carbons (Fsp3) is 1.00. The van der Waals surface area contributed by atoms with Crippen molar-refractivity contribution >= 4 is 11.6 Å². The summed E-state index contributed by atoms with van der Waals surface area (Å²) in [6.45, 7) is 0. The summed E-state index contributed by atoms with van der Waals surface area (Å²) in [5.74, 6) is 0. The quantitative estimate of drug-likeness (QED) is 0.289. The standard InChI is InChI=1S/C5H14ClN3/c1-7-4(6)5(8-2)9-3/h4-5,7-9H,1-3H3. The molecule has 0 amide bonds. The van der Waals surface area contributed by atoms with Crippen LogP contribution in [0, 0.1) is 0 Å². The van der Waals surface area contributed by atoms with Crippen molar-refractivity contribution in [1.82, 2.24) is 16.0 Å². The average molecular weight is 152 g/mol. The van der Waals surface area contributed by atoms with Crippen molar-refractivity contribution in [2.45, 2.75) is 11.7 Å². The molecule has 3 N–H and O–H groups in total. The van der Waals surface area contributed by atoms with Crippen LogP contribution in [0.4, 0.5) is 0 Å². The lowest BCUT2D eigenvalue weighted by Gasteiger charge is -2.19. The number of hydrogen-bond acceptors (Lipinski definition) is 3. The summed E-state index contributed by atoms with van der Waals surface area (Å²) in [6, 6.07) is 0. The topological polar surface area (TPSA) is 36.1 Å². The lowest BCUT2D eigenvalue weighted by molar-refractivity contribution is 0.443. The van der Waals surface area contributed by atoms with Crippen LogP contribution in [-0.2, 0) is 0 Å². The van der Waals surface area contributed by atoms with Gasteiger partial charge in [0.2, 0.25) is 0 Å². The van der Waals surface area contributed by atoms with E-state index >= 15 is 0 Å². The van der Waals surface area contributed by atoms with Crippen LogP contribution in [0.25, 0.3) is 0 Å². The van der Waals surface area contributed by atoms with Crippen LogP contribution >= 0.6 is 11.6 Å². The van der Waals surface area contributed by atoms with Gasteiger partial charge in [-0.15, -0.1) is 11.6 Å². The van der Waals surface area contributed by atoms with E-state index in [1.807, 2.05) is 21.1 Å². The van der Waals surface area contributed by atoms with Crippen LogP contribution < -0.4 is 16.0 Å². The van der Waals surface area contributed by atoms with E-state index in [2.05, 4.69) is 16.0 Å². The number of likely N-dealkylation sites (N-methyl/N-ethyl adjacent to an activating group) is 3. The van der Waals surface area contributed by atoms with Gasteiger partial charge in [0.05, 0.1) is 6.17 Å². The number of halogens is 1. The molecule has 0 aromatic rings. The molecule has 4 heteroatoms. The van der Waals surface area contributed by atoms with Crippen molar-refractivity contribution in [2.75, 3.05) is 21.1 Å². The molecule has 0 rings (SSSR count). The van der Waals surface area contributed by atoms with Gasteiger partial charge in [-0.1, -0.05) is 0 Å². The predicted octanol–water partition coefficient (Wildman–Crippen LogP) is -0.464. The maximum atomic E-state index is 5.80. The zero-order chi connectivity index (χ0) is 7.28. The van der Waals surface area contributed by atoms with Crippen LogP contribution in [0.3, 0.4) is 0 Å². The van der Waals surface area contributed by atoms with Gasteiger partial charge >= 0.3 is 0 Å². The van der Waals surface area contributed by atoms with Gasteiger partial charge in [0.15, 0.2) is 0 Å². The number of alkyl halides is 1. The Labute approximate surface area is 61.2 Å². The van der Waals surface area contributed by atoms with E-state index in [9.17, 15) is 0 Å². The Balaban J connectivity index is 3.50. The van der Waals surface area contributed by atoms with Crippen LogP contribution in [0.2, 0.25) is 0 Å². The Kier molecular flexibility index (Phi) is 5.09. The fourth-order valence-corrected chi connectivity index (χ4v) is 0.856. The molecule has 0 aromatic heterocycles. The first-order valence-corrected chi connectivity index (χ1v) is 3.35. The first-order chi connectivity index (χ1) is 4.26. The van der Waals surface area contributed by atoms with Crippen molar-refractivity contribution in [3.05, 3.63) is 0 Å². The zero-order valence-electron chi connectivity index (χ0n) is 6.03. The maximum absolute atomic E-state index is 5.80. The highest BCUT2D eigenvalue weighted by atomic mass is 35.5. The third-order valence-corrected chi connectivity index (χ3v) is 1.66. The molecule has 0 aliphatic rings. The Hall–Kier alpha value is 0.170. The van der Waals surface area contributed by atoms with Gasteiger partial charge in [-0.25, -0.2) is 0 Å². The van der Waals surface area contributed by atoms with Crippen LogP contribution in [0.1, 0.15) is 0 Å². The van der Waals surface area contributed by atoms with Crippen molar-refractivity contribution in [3.8, 4) is 0 Å². The summed E-state index contributed by atoms with van der Waals surface area (Å²) in [5, 5.41) is 8.90. The summed E-state index contributed by atoms with van der Waals surface area (Å²) in [4.78, 5) is 0. The molecule has 0 saturated carbocycles. The first kappa shape index (κ1) is 9.17. The lowest BCUT2D eigenvalue weighted by Crippen LogP contribution is -2.49. The minimum atomic E-state index is -0.0694. The Morgan fingerprint density at radius 2 is 1.44 bits per heavy atom. The van der Waals surface area contributed by atoms with Crippen molar-refractivity contribution in [3.63, 3.8) is 0 Å². The second kappa shape index (κ2) is 4.99. The van der Waals surface area contributed by atoms with Crippen molar-refractivity contribution in [1.29, 1.82) is 0 Å². The minimum Gasteiger partial charge on any atom is -0.303 e. The molecule has 1 unspecified atom stereocenters. The molecule has 9 heavy (non-hydrogen) atoms. The third kappa shape index (κ3) is 3.01. The van der Waals surface area contributed by atoms with Gasteiger partial charge in [-0.05, 0) is 21.1 Å². The largest absolute Gasteiger partial charge is 0.303 e. The molecule has 1 atom stereocenters. The van der Waals surface area contributed by atoms with Gasteiger partial charge < -0.3 is 16.0 Å². The molecule has 0 aliphatic heterocycles. The molecule has 56 valence electrons. The Morgan fingerprint density at radius 3 is 1.56 bits per heavy atom. The Morgan fingerprint density at radius 1 is 1.00 bits per heavy atom. The molecule has 0 aliphatic carbocycles. The SMILES string of the molecule is CNC(Cl)C(NC)NC. The molecule has 0 saturated heterocycles. The molecule has 0 heterocycles. The van der Waals surface area contributed by atoms with Gasteiger partial charge in [0, 0.05) is 0 Å². The van der Waals surface area contributed by atoms with Gasteiger partial charge in [-0.2, -0.15) is 0 Å². The highest BCUT2D eigenvalue weighted by molar-refractivity contribution is 6.20. The summed E-state index contributed by atoms with van der Waals surface area (Å²) in [6.07, 6.45) is 0.122. The molecule has 0 spiro atoms. The second-order valence-electron chi connectivity index (χ2n) is 1.75. The van der Waals surface area contributed by atoms with Gasteiger partial charge in [0.1, 0.15) is 5.50 Å². The lowest BCUT2D eigenvalue weighted by atomic mass is 10.5. The van der Waals surface area contributed by atoms with Crippen LogP contribution in [0.5, 0.6) is 0 Å². The maximum Gasteiger partial charge on any atom is 0.111 e. The number of hydrogen-bond donors (Lipinski definition) is 3. The first-order valence-electron chi connectivity index (χ1n) is 2.92. The third-order valence-electron chi connectivity index (χ3n) is 1.19. The highest BCUT2D eigenvalue weighted by Gasteiger charge is 2.11. The number of rotatable bonds is 4. The summed E-state index contributed by atoms with van der Waals surface area (Å²) in [5.41, 5.74) is -0.0694. The van der Waals surface area contributed by atoms with Crippen molar-refractivity contribution in [2.24, 2.45) is 0 Å². The van der Waals surface area contributed by atoms with E-state index < -0.39 is 0 Å². The molecular weight excluding hydrogens is 138 g/mol. The van der Waals surface area contributed by atoms with E-state index in [0.29, 0.717) is 0 Å². The number of nitrogens with one attached hydrogen (secondary N) is 3. The smallest absolute Gasteiger partial charge is 0.111 e. The van der Waals surface area contributed by atoms with Gasteiger partial charge in [-0.3, -0.25) is 0 Å². The zero-order valence-corrected chi connectivity index (χ0v) is 6.79. The predicted molar refractivity (Wildman–Crippen MR) is 40.6 cm³/mol. The normalized spacial score (nSPS) is 14.3. The molecule has 0 bridgehead atoms. The fourth-order valence-electron chi connectivity index (χ4n) is 0.604. The van der Waals surface area contributed by atoms with Crippen molar-refractivity contribution < 1.29 is 0 Å². The monoisotopic (exact) mass is 151 g/mol. The molecular formula is C5H14ClN3. The van der Waals surface area contributed by atoms with Gasteiger partial charge in [0.25, 0.3) is 0 Å². The minimum absolute atomic E-state index is 0.0694. The molecule has 0 aromatic carbocycles. The van der Waals surface area contributed by atoms with Crippen LogP contribution in [-0.4, -0.2) is 32.8 Å². The van der Waals surface area contributed by atoms with E-state index in [0.717, 1.165) is 0 Å². The Bertz CT molecular complexity index is 65.2. The highest BCUT2D eigenvalue weighted by Crippen LogP contribution is 1.92. The second-order valence-corrected chi connectivity index (χ2v) is 2.22. The average Bonchev–Trinajstić information content (AvgIpc) is 1.90. The summed E-state index contributed by atoms with van der Waals surface area (Å²) < 4.78 is 0. The summed E-state index contributed by atoms with van der Waals surface area (Å²) in [7, 11) is 5.53. The van der Waals surface area contributed by atoms with E-state index in [1.54, 1.807) is 0 Å².